The topological polar surface area (TPSA) is 49.3 Å². The molecule has 0 spiro atoms. The third-order valence-corrected chi connectivity index (χ3v) is 7.61. The van der Waals surface area contributed by atoms with E-state index < -0.39 is 0 Å². The molecule has 2 saturated heterocycles. The minimum atomic E-state index is -0.0350. The van der Waals surface area contributed by atoms with Crippen molar-refractivity contribution < 1.29 is 4.79 Å². The highest BCUT2D eigenvalue weighted by atomic mass is 32.2. The lowest BCUT2D eigenvalue weighted by Gasteiger charge is -2.24. The summed E-state index contributed by atoms with van der Waals surface area (Å²) in [6.45, 7) is 4.37. The third-order valence-electron chi connectivity index (χ3n) is 5.54. The highest BCUT2D eigenvalue weighted by molar-refractivity contribution is 7.97. The van der Waals surface area contributed by atoms with Gasteiger partial charge in [0.25, 0.3) is 0 Å². The van der Waals surface area contributed by atoms with Crippen LogP contribution in [0.2, 0.25) is 0 Å². The second-order valence-electron chi connectivity index (χ2n) is 7.58. The fraction of sp³-hybridized carbons (Fsp3) is 0.476. The number of ketones is 1. The first-order valence-electron chi connectivity index (χ1n) is 10.2. The van der Waals surface area contributed by atoms with Crippen LogP contribution in [0.5, 0.6) is 0 Å². The number of carbonyl (C=O) groups excluding carboxylic acids is 1. The minimum absolute atomic E-state index is 0.0350. The molecular formula is C21H24N4OS2. The van der Waals surface area contributed by atoms with Crippen molar-refractivity contribution in [3.63, 3.8) is 0 Å². The molecule has 28 heavy (non-hydrogen) atoms. The summed E-state index contributed by atoms with van der Waals surface area (Å²) in [5, 5.41) is 1.81. The summed E-state index contributed by atoms with van der Waals surface area (Å²) in [6, 6.07) is 8.16. The maximum atomic E-state index is 13.0. The molecule has 0 atom stereocenters. The van der Waals surface area contributed by atoms with Gasteiger partial charge in [-0.25, -0.2) is 18.6 Å². The Balaban J connectivity index is 1.36. The molecule has 7 heteroatoms. The van der Waals surface area contributed by atoms with Gasteiger partial charge in [0.15, 0.2) is 0 Å². The Morgan fingerprint density at radius 2 is 1.07 bits per heavy atom. The molecule has 1 aliphatic carbocycles. The van der Waals surface area contributed by atoms with E-state index in [9.17, 15) is 4.79 Å². The minimum Gasteiger partial charge on any atom is -0.285 e. The van der Waals surface area contributed by atoms with E-state index in [4.69, 9.17) is 9.97 Å². The van der Waals surface area contributed by atoms with Crippen molar-refractivity contribution in [2.75, 3.05) is 26.2 Å². The fourth-order valence-corrected chi connectivity index (χ4v) is 5.99. The molecule has 2 aromatic rings. The van der Waals surface area contributed by atoms with E-state index in [1.54, 1.807) is 23.9 Å². The SMILES string of the molecule is O=C1c2nc(SN3CCCCC3)ccc2-c2ccc(SN3CCCCC3)nc21. The number of hydrogen-bond acceptors (Lipinski definition) is 7. The monoisotopic (exact) mass is 412 g/mol. The van der Waals surface area contributed by atoms with E-state index in [0.717, 1.165) is 47.4 Å². The largest absolute Gasteiger partial charge is 0.285 e. The molecule has 0 radical (unpaired) electrons. The molecule has 0 amide bonds. The summed E-state index contributed by atoms with van der Waals surface area (Å²) in [5.74, 6) is -0.0350. The van der Waals surface area contributed by atoms with Gasteiger partial charge in [0, 0.05) is 37.3 Å². The Morgan fingerprint density at radius 1 is 0.643 bits per heavy atom. The molecule has 0 N–H and O–H groups in total. The van der Waals surface area contributed by atoms with Crippen molar-refractivity contribution in [3.8, 4) is 11.1 Å². The van der Waals surface area contributed by atoms with Gasteiger partial charge in [0.1, 0.15) is 21.4 Å². The number of aromatic nitrogens is 2. The van der Waals surface area contributed by atoms with Crippen molar-refractivity contribution in [2.45, 2.75) is 48.6 Å². The molecular weight excluding hydrogens is 388 g/mol. The van der Waals surface area contributed by atoms with Gasteiger partial charge < -0.3 is 0 Å². The van der Waals surface area contributed by atoms with Crippen LogP contribution in [0, 0.1) is 0 Å². The second-order valence-corrected chi connectivity index (χ2v) is 9.82. The zero-order chi connectivity index (χ0) is 18.9. The maximum Gasteiger partial charge on any atom is 0.231 e. The molecule has 0 bridgehead atoms. The van der Waals surface area contributed by atoms with E-state index in [2.05, 4.69) is 8.61 Å². The van der Waals surface area contributed by atoms with Crippen LogP contribution in [0.1, 0.15) is 54.7 Å². The van der Waals surface area contributed by atoms with Gasteiger partial charge in [0.2, 0.25) is 5.78 Å². The van der Waals surface area contributed by atoms with Gasteiger partial charge in [-0.05, 0) is 73.8 Å². The summed E-state index contributed by atoms with van der Waals surface area (Å²) in [6.07, 6.45) is 7.58. The molecule has 0 aromatic carbocycles. The number of carbonyl (C=O) groups is 1. The molecule has 146 valence electrons. The molecule has 5 nitrogen and oxygen atoms in total. The summed E-state index contributed by atoms with van der Waals surface area (Å²) in [7, 11) is 0. The van der Waals surface area contributed by atoms with Gasteiger partial charge in [-0.15, -0.1) is 0 Å². The lowest BCUT2D eigenvalue weighted by Crippen LogP contribution is -2.23. The van der Waals surface area contributed by atoms with E-state index in [1.165, 1.54) is 38.5 Å². The Hall–Kier alpha value is -1.41. The van der Waals surface area contributed by atoms with Gasteiger partial charge in [-0.3, -0.25) is 4.79 Å². The molecule has 0 saturated carbocycles. The number of nitrogens with zero attached hydrogens (tertiary/aromatic N) is 4. The van der Waals surface area contributed by atoms with Crippen molar-refractivity contribution in [2.24, 2.45) is 0 Å². The maximum absolute atomic E-state index is 13.0. The Morgan fingerprint density at radius 3 is 1.50 bits per heavy atom. The first kappa shape index (κ1) is 18.6. The number of fused-ring (bicyclic) bond motifs is 3. The van der Waals surface area contributed by atoms with Crippen molar-refractivity contribution in [1.29, 1.82) is 0 Å². The molecule has 0 unspecified atom stereocenters. The Labute approximate surface area is 174 Å². The van der Waals surface area contributed by atoms with Crippen LogP contribution in [0.25, 0.3) is 11.1 Å². The summed E-state index contributed by atoms with van der Waals surface area (Å²) in [4.78, 5) is 22.4. The number of piperidine rings is 2. The van der Waals surface area contributed by atoms with Crippen LogP contribution < -0.4 is 0 Å². The fourth-order valence-electron chi connectivity index (χ4n) is 4.05. The molecule has 2 aliphatic heterocycles. The van der Waals surface area contributed by atoms with Gasteiger partial charge >= 0.3 is 0 Å². The molecule has 2 aromatic heterocycles. The third kappa shape index (κ3) is 3.73. The molecule has 4 heterocycles. The van der Waals surface area contributed by atoms with Gasteiger partial charge in [0.05, 0.1) is 0 Å². The second kappa shape index (κ2) is 8.14. The van der Waals surface area contributed by atoms with Crippen molar-refractivity contribution in [3.05, 3.63) is 35.7 Å². The average molecular weight is 413 g/mol. The average Bonchev–Trinajstić information content (AvgIpc) is 3.01. The van der Waals surface area contributed by atoms with Crippen molar-refractivity contribution in [1.82, 2.24) is 18.6 Å². The van der Waals surface area contributed by atoms with Crippen LogP contribution >= 0.6 is 23.9 Å². The lowest BCUT2D eigenvalue weighted by molar-refractivity contribution is 0.103. The van der Waals surface area contributed by atoms with E-state index in [1.807, 2.05) is 24.3 Å². The van der Waals surface area contributed by atoms with Crippen LogP contribution in [0.4, 0.5) is 0 Å². The molecule has 2 fully saturated rings. The highest BCUT2D eigenvalue weighted by Gasteiger charge is 2.31. The van der Waals surface area contributed by atoms with Crippen LogP contribution in [-0.4, -0.2) is 50.5 Å². The van der Waals surface area contributed by atoms with E-state index in [0.29, 0.717) is 11.4 Å². The van der Waals surface area contributed by atoms with Crippen LogP contribution in [0.3, 0.4) is 0 Å². The predicted molar refractivity (Wildman–Crippen MR) is 113 cm³/mol. The summed E-state index contributed by atoms with van der Waals surface area (Å²) in [5.41, 5.74) is 2.96. The number of pyridine rings is 2. The van der Waals surface area contributed by atoms with E-state index in [-0.39, 0.29) is 5.78 Å². The zero-order valence-electron chi connectivity index (χ0n) is 15.9. The number of rotatable bonds is 4. The smallest absolute Gasteiger partial charge is 0.231 e. The first-order chi connectivity index (χ1) is 13.8. The standard InChI is InChI=1S/C21H24N4OS2/c26-21-19-15(7-9-17(22-19)27-24-11-3-1-4-12-24)16-8-10-18(23-20(16)21)28-25-13-5-2-6-14-25/h7-10H,1-6,11-14H2. The van der Waals surface area contributed by atoms with Crippen molar-refractivity contribution >= 4 is 29.7 Å². The zero-order valence-corrected chi connectivity index (χ0v) is 17.5. The Kier molecular flexibility index (Phi) is 5.41. The molecule has 5 rings (SSSR count). The lowest BCUT2D eigenvalue weighted by atomic mass is 10.1. The number of hydrogen-bond donors (Lipinski definition) is 0. The van der Waals surface area contributed by atoms with E-state index >= 15 is 0 Å². The quantitative estimate of drug-likeness (QED) is 0.577. The van der Waals surface area contributed by atoms with Gasteiger partial charge in [-0.1, -0.05) is 12.8 Å². The van der Waals surface area contributed by atoms with Gasteiger partial charge in [-0.2, -0.15) is 0 Å². The molecule has 3 aliphatic rings. The Bertz CT molecular complexity index is 820. The first-order valence-corrected chi connectivity index (χ1v) is 11.8. The van der Waals surface area contributed by atoms with Crippen LogP contribution in [0.15, 0.2) is 34.3 Å². The van der Waals surface area contributed by atoms with Crippen LogP contribution in [-0.2, 0) is 0 Å². The highest BCUT2D eigenvalue weighted by Crippen LogP contribution is 2.38. The summed E-state index contributed by atoms with van der Waals surface area (Å²) < 4.78 is 4.72. The predicted octanol–water partition coefficient (Wildman–Crippen LogP) is 4.67. The normalized spacial score (nSPS) is 20.2. The summed E-state index contributed by atoms with van der Waals surface area (Å²) >= 11 is 3.35.